The van der Waals surface area contributed by atoms with E-state index in [4.69, 9.17) is 5.11 Å². The molecule has 0 aromatic carbocycles. The minimum Gasteiger partial charge on any atom is -0.481 e. The molecule has 0 aliphatic heterocycles. The van der Waals surface area contributed by atoms with Gasteiger partial charge in [0.2, 0.25) is 0 Å². The van der Waals surface area contributed by atoms with Gasteiger partial charge < -0.3 is 9.90 Å². The van der Waals surface area contributed by atoms with Crippen LogP contribution in [0, 0.1) is 5.92 Å². The summed E-state index contributed by atoms with van der Waals surface area (Å²) in [5.74, 6) is -1.09. The first kappa shape index (κ1) is 10.1. The van der Waals surface area contributed by atoms with Crippen molar-refractivity contribution in [3.8, 4) is 0 Å². The number of carbonyl (C=O) groups is 2. The zero-order chi connectivity index (χ0) is 8.85. The van der Waals surface area contributed by atoms with E-state index in [1.807, 2.05) is 6.92 Å². The molecule has 0 amide bonds. The van der Waals surface area contributed by atoms with Crippen LogP contribution in [0.25, 0.3) is 0 Å². The maximum absolute atomic E-state index is 10.5. The van der Waals surface area contributed by atoms with E-state index in [1.54, 1.807) is 0 Å². The second-order valence-corrected chi connectivity index (χ2v) is 2.68. The molecule has 0 aliphatic rings. The third kappa shape index (κ3) is 4.53. The lowest BCUT2D eigenvalue weighted by Gasteiger charge is -2.06. The van der Waals surface area contributed by atoms with Crippen LogP contribution >= 0.6 is 0 Å². The summed E-state index contributed by atoms with van der Waals surface area (Å²) in [5, 5.41) is 8.57. The Balaban J connectivity index is 3.70. The highest BCUT2D eigenvalue weighted by molar-refractivity contribution is 5.76. The van der Waals surface area contributed by atoms with Gasteiger partial charge in [-0.2, -0.15) is 0 Å². The summed E-state index contributed by atoms with van der Waals surface area (Å²) in [4.78, 5) is 20.9. The number of hydrogen-bond acceptors (Lipinski definition) is 2. The minimum absolute atomic E-state index is 0.0599. The van der Waals surface area contributed by atoms with Gasteiger partial charge in [0, 0.05) is 6.42 Å². The Hall–Kier alpha value is -0.860. The van der Waals surface area contributed by atoms with Crippen molar-refractivity contribution < 1.29 is 14.7 Å². The quantitative estimate of drug-likeness (QED) is 0.659. The number of Topliss-reactive ketones (excluding diaryl/α,β-unsaturated/α-hetero) is 1. The lowest BCUT2D eigenvalue weighted by Crippen LogP contribution is -2.13. The van der Waals surface area contributed by atoms with Crippen molar-refractivity contribution in [1.29, 1.82) is 0 Å². The second-order valence-electron chi connectivity index (χ2n) is 2.68. The summed E-state index contributed by atoms with van der Waals surface area (Å²) in [6, 6.07) is 0. The Kier molecular flexibility index (Phi) is 4.50. The number of hydrogen-bond donors (Lipinski definition) is 1. The van der Waals surface area contributed by atoms with Crippen molar-refractivity contribution in [1.82, 2.24) is 0 Å². The van der Waals surface area contributed by atoms with E-state index >= 15 is 0 Å². The molecule has 0 saturated heterocycles. The summed E-state index contributed by atoms with van der Waals surface area (Å²) in [7, 11) is 0. The molecule has 0 bridgehead atoms. The molecule has 1 atom stereocenters. The fourth-order valence-corrected chi connectivity index (χ4v) is 0.880. The molecular formula is C8H14O3. The van der Waals surface area contributed by atoms with Gasteiger partial charge in [0.25, 0.3) is 0 Å². The van der Waals surface area contributed by atoms with Gasteiger partial charge in [-0.1, -0.05) is 6.92 Å². The van der Waals surface area contributed by atoms with E-state index in [-0.39, 0.29) is 11.7 Å². The molecule has 0 unspecified atom stereocenters. The predicted molar refractivity (Wildman–Crippen MR) is 41.3 cm³/mol. The second kappa shape index (κ2) is 4.88. The van der Waals surface area contributed by atoms with Gasteiger partial charge in [0.1, 0.15) is 5.78 Å². The van der Waals surface area contributed by atoms with E-state index in [0.717, 1.165) is 0 Å². The SMILES string of the molecule is CC[C@@H](CCC(C)=O)C(=O)O. The summed E-state index contributed by atoms with van der Waals surface area (Å²) in [6.45, 7) is 3.30. The van der Waals surface area contributed by atoms with Gasteiger partial charge in [-0.25, -0.2) is 0 Å². The lowest BCUT2D eigenvalue weighted by molar-refractivity contribution is -0.142. The Morgan fingerprint density at radius 3 is 2.27 bits per heavy atom. The number of ketones is 1. The van der Waals surface area contributed by atoms with Gasteiger partial charge in [0.05, 0.1) is 5.92 Å². The molecular weight excluding hydrogens is 144 g/mol. The molecule has 11 heavy (non-hydrogen) atoms. The number of carbonyl (C=O) groups excluding carboxylic acids is 1. The summed E-state index contributed by atoms with van der Waals surface area (Å²) >= 11 is 0. The van der Waals surface area contributed by atoms with Crippen molar-refractivity contribution in [3.05, 3.63) is 0 Å². The molecule has 0 fully saturated rings. The zero-order valence-electron chi connectivity index (χ0n) is 6.96. The monoisotopic (exact) mass is 158 g/mol. The highest BCUT2D eigenvalue weighted by Crippen LogP contribution is 2.10. The van der Waals surface area contributed by atoms with Gasteiger partial charge >= 0.3 is 5.97 Å². The predicted octanol–water partition coefficient (Wildman–Crippen LogP) is 1.47. The molecule has 1 N–H and O–H groups in total. The first-order valence-electron chi connectivity index (χ1n) is 3.80. The molecule has 0 aliphatic carbocycles. The molecule has 0 heterocycles. The maximum Gasteiger partial charge on any atom is 0.306 e. The third-order valence-electron chi connectivity index (χ3n) is 1.69. The molecule has 0 aromatic rings. The molecule has 0 radical (unpaired) electrons. The van der Waals surface area contributed by atoms with Crippen LogP contribution in [0.5, 0.6) is 0 Å². The topological polar surface area (TPSA) is 54.4 Å². The molecule has 3 nitrogen and oxygen atoms in total. The van der Waals surface area contributed by atoms with E-state index in [2.05, 4.69) is 0 Å². The van der Waals surface area contributed by atoms with E-state index in [9.17, 15) is 9.59 Å². The number of rotatable bonds is 5. The molecule has 0 spiro atoms. The minimum atomic E-state index is -0.797. The molecule has 0 rings (SSSR count). The van der Waals surface area contributed by atoms with Crippen LogP contribution in [0.2, 0.25) is 0 Å². The summed E-state index contributed by atoms with van der Waals surface area (Å²) < 4.78 is 0. The molecule has 0 saturated carbocycles. The fourth-order valence-electron chi connectivity index (χ4n) is 0.880. The van der Waals surface area contributed by atoms with Crippen LogP contribution in [-0.2, 0) is 9.59 Å². The summed E-state index contributed by atoms with van der Waals surface area (Å²) in [5.41, 5.74) is 0. The van der Waals surface area contributed by atoms with Crippen LogP contribution in [0.15, 0.2) is 0 Å². The first-order valence-corrected chi connectivity index (χ1v) is 3.80. The zero-order valence-corrected chi connectivity index (χ0v) is 6.96. The Bertz CT molecular complexity index is 151. The van der Waals surface area contributed by atoms with Crippen LogP contribution < -0.4 is 0 Å². The van der Waals surface area contributed by atoms with E-state index < -0.39 is 5.97 Å². The van der Waals surface area contributed by atoms with Crippen LogP contribution in [-0.4, -0.2) is 16.9 Å². The van der Waals surface area contributed by atoms with Crippen molar-refractivity contribution in [2.75, 3.05) is 0 Å². The number of aliphatic carboxylic acids is 1. The van der Waals surface area contributed by atoms with Crippen molar-refractivity contribution in [3.63, 3.8) is 0 Å². The Morgan fingerprint density at radius 2 is 2.00 bits per heavy atom. The fraction of sp³-hybridized carbons (Fsp3) is 0.750. The molecule has 64 valence electrons. The van der Waals surface area contributed by atoms with E-state index in [0.29, 0.717) is 19.3 Å². The van der Waals surface area contributed by atoms with Crippen molar-refractivity contribution >= 4 is 11.8 Å². The average molecular weight is 158 g/mol. The Labute approximate surface area is 66.4 Å². The normalized spacial score (nSPS) is 12.5. The van der Waals surface area contributed by atoms with Crippen molar-refractivity contribution in [2.24, 2.45) is 5.92 Å². The van der Waals surface area contributed by atoms with E-state index in [1.165, 1.54) is 6.92 Å². The highest BCUT2D eigenvalue weighted by atomic mass is 16.4. The van der Waals surface area contributed by atoms with Crippen LogP contribution in [0.1, 0.15) is 33.1 Å². The summed E-state index contributed by atoms with van der Waals surface area (Å²) in [6.07, 6.45) is 1.45. The molecule has 3 heteroatoms. The van der Waals surface area contributed by atoms with Crippen LogP contribution in [0.4, 0.5) is 0 Å². The third-order valence-corrected chi connectivity index (χ3v) is 1.69. The van der Waals surface area contributed by atoms with Crippen molar-refractivity contribution in [2.45, 2.75) is 33.1 Å². The number of carboxylic acid groups (broad SMARTS) is 1. The number of carboxylic acids is 1. The van der Waals surface area contributed by atoms with Crippen LogP contribution in [0.3, 0.4) is 0 Å². The smallest absolute Gasteiger partial charge is 0.306 e. The standard InChI is InChI=1S/C8H14O3/c1-3-7(8(10)11)5-4-6(2)9/h7H,3-5H2,1-2H3,(H,10,11)/t7-/m0/s1. The molecule has 0 aromatic heterocycles. The first-order chi connectivity index (χ1) is 5.07. The highest BCUT2D eigenvalue weighted by Gasteiger charge is 2.14. The van der Waals surface area contributed by atoms with Gasteiger partial charge in [-0.3, -0.25) is 4.79 Å². The van der Waals surface area contributed by atoms with Gasteiger partial charge in [-0.15, -0.1) is 0 Å². The average Bonchev–Trinajstić information content (AvgIpc) is 1.87. The van der Waals surface area contributed by atoms with Gasteiger partial charge in [-0.05, 0) is 19.8 Å². The van der Waals surface area contributed by atoms with Gasteiger partial charge in [0.15, 0.2) is 0 Å². The largest absolute Gasteiger partial charge is 0.481 e. The lowest BCUT2D eigenvalue weighted by atomic mass is 10.00. The Morgan fingerprint density at radius 1 is 1.45 bits per heavy atom. The maximum atomic E-state index is 10.5.